The number of aromatic nitrogens is 2. The van der Waals surface area contributed by atoms with Gasteiger partial charge in [0.05, 0.1) is 11.3 Å². The molecule has 1 unspecified atom stereocenters. The molecule has 1 aromatic heterocycles. The third-order valence-corrected chi connectivity index (χ3v) is 4.58. The topological polar surface area (TPSA) is 64.8 Å². The summed E-state index contributed by atoms with van der Waals surface area (Å²) in [5, 5.41) is 12.6. The smallest absolute Gasteiger partial charge is 0.232 e. The molecule has 1 N–H and O–H groups in total. The van der Waals surface area contributed by atoms with E-state index in [0.29, 0.717) is 23.4 Å². The first kappa shape index (κ1) is 16.1. The number of nitrogens with one attached hydrogen (secondary N) is 1. The normalized spacial score (nSPS) is 15.4. The van der Waals surface area contributed by atoms with Gasteiger partial charge in [-0.1, -0.05) is 30.3 Å². The van der Waals surface area contributed by atoms with E-state index in [1.807, 2.05) is 37.3 Å². The van der Waals surface area contributed by atoms with Crippen LogP contribution in [-0.4, -0.2) is 16.0 Å². The van der Waals surface area contributed by atoms with Gasteiger partial charge in [-0.3, -0.25) is 0 Å². The zero-order valence-electron chi connectivity index (χ0n) is 14.8. The standard InChI is InChI=1S/C21H19N5/c1-14-11-20(24-18-9-5-3-8-17(18)13-22)25-21(23-14)26-15(2)12-16-7-4-6-10-19(16)26/h3-11,15H,12H2,1-2H3,(H,23,24,25). The minimum absolute atomic E-state index is 0.299. The van der Waals surface area contributed by atoms with Crippen molar-refractivity contribution in [2.45, 2.75) is 26.3 Å². The molecule has 0 spiro atoms. The second kappa shape index (κ2) is 6.49. The number of aryl methyl sites for hydroxylation is 1. The summed E-state index contributed by atoms with van der Waals surface area (Å²) in [5.41, 5.74) is 4.69. The van der Waals surface area contributed by atoms with Gasteiger partial charge in [-0.05, 0) is 44.0 Å². The van der Waals surface area contributed by atoms with Crippen LogP contribution in [0.1, 0.15) is 23.7 Å². The van der Waals surface area contributed by atoms with Crippen molar-refractivity contribution in [3.05, 3.63) is 71.4 Å². The third-order valence-electron chi connectivity index (χ3n) is 4.58. The van der Waals surface area contributed by atoms with Gasteiger partial charge in [0.1, 0.15) is 11.9 Å². The largest absolute Gasteiger partial charge is 0.339 e. The van der Waals surface area contributed by atoms with E-state index in [2.05, 4.69) is 46.4 Å². The fraction of sp³-hybridized carbons (Fsp3) is 0.190. The number of fused-ring (bicyclic) bond motifs is 1. The van der Waals surface area contributed by atoms with E-state index in [4.69, 9.17) is 4.98 Å². The van der Waals surface area contributed by atoms with Crippen molar-refractivity contribution in [2.75, 3.05) is 10.2 Å². The predicted molar refractivity (Wildman–Crippen MR) is 103 cm³/mol. The number of hydrogen-bond acceptors (Lipinski definition) is 5. The molecule has 0 saturated carbocycles. The van der Waals surface area contributed by atoms with Crippen LogP contribution in [0, 0.1) is 18.3 Å². The van der Waals surface area contributed by atoms with Crippen molar-refractivity contribution in [1.29, 1.82) is 5.26 Å². The number of nitrogens with zero attached hydrogens (tertiary/aromatic N) is 4. The van der Waals surface area contributed by atoms with Crippen molar-refractivity contribution < 1.29 is 0 Å². The van der Waals surface area contributed by atoms with Crippen molar-refractivity contribution in [3.8, 4) is 6.07 Å². The summed E-state index contributed by atoms with van der Waals surface area (Å²) >= 11 is 0. The zero-order valence-corrected chi connectivity index (χ0v) is 14.8. The van der Waals surface area contributed by atoms with Gasteiger partial charge in [0.15, 0.2) is 0 Å². The van der Waals surface area contributed by atoms with Crippen molar-refractivity contribution in [1.82, 2.24) is 9.97 Å². The molecule has 0 aliphatic carbocycles. The Balaban J connectivity index is 1.73. The van der Waals surface area contributed by atoms with E-state index in [1.54, 1.807) is 6.07 Å². The zero-order chi connectivity index (χ0) is 18.1. The Morgan fingerprint density at radius 3 is 2.73 bits per heavy atom. The number of para-hydroxylation sites is 2. The maximum absolute atomic E-state index is 9.29. The van der Waals surface area contributed by atoms with Crippen LogP contribution in [0.2, 0.25) is 0 Å². The molecule has 2 aromatic carbocycles. The monoisotopic (exact) mass is 341 g/mol. The Morgan fingerprint density at radius 1 is 1.12 bits per heavy atom. The highest BCUT2D eigenvalue weighted by molar-refractivity contribution is 5.69. The average molecular weight is 341 g/mol. The first-order valence-corrected chi connectivity index (χ1v) is 8.64. The van der Waals surface area contributed by atoms with Crippen molar-refractivity contribution in [2.24, 2.45) is 0 Å². The number of hydrogen-bond donors (Lipinski definition) is 1. The highest BCUT2D eigenvalue weighted by atomic mass is 15.3. The molecule has 0 fully saturated rings. The maximum Gasteiger partial charge on any atom is 0.232 e. The van der Waals surface area contributed by atoms with Crippen LogP contribution in [0.3, 0.4) is 0 Å². The lowest BCUT2D eigenvalue weighted by atomic mass is 10.1. The molecule has 5 heteroatoms. The first-order chi connectivity index (χ1) is 12.7. The average Bonchev–Trinajstić information content (AvgIpc) is 2.97. The molecular formula is C21H19N5. The van der Waals surface area contributed by atoms with Gasteiger partial charge in [0, 0.05) is 23.5 Å². The number of benzene rings is 2. The van der Waals surface area contributed by atoms with Crippen molar-refractivity contribution in [3.63, 3.8) is 0 Å². The molecule has 2 heterocycles. The predicted octanol–water partition coefficient (Wildman–Crippen LogP) is 4.48. The van der Waals surface area contributed by atoms with Gasteiger partial charge in [0.2, 0.25) is 5.95 Å². The van der Waals surface area contributed by atoms with Gasteiger partial charge in [0.25, 0.3) is 0 Å². The summed E-state index contributed by atoms with van der Waals surface area (Å²) in [6, 6.07) is 20.2. The summed E-state index contributed by atoms with van der Waals surface area (Å²) in [4.78, 5) is 11.6. The second-order valence-corrected chi connectivity index (χ2v) is 6.53. The molecule has 26 heavy (non-hydrogen) atoms. The highest BCUT2D eigenvalue weighted by Gasteiger charge is 2.29. The second-order valence-electron chi connectivity index (χ2n) is 6.53. The lowest BCUT2D eigenvalue weighted by molar-refractivity contribution is 0.738. The molecule has 128 valence electrons. The van der Waals surface area contributed by atoms with Crippen LogP contribution in [0.25, 0.3) is 0 Å². The molecule has 3 aromatic rings. The van der Waals surface area contributed by atoms with Crippen LogP contribution in [0.5, 0.6) is 0 Å². The fourth-order valence-electron chi connectivity index (χ4n) is 3.42. The summed E-state index contributed by atoms with van der Waals surface area (Å²) in [6.07, 6.45) is 0.980. The van der Waals surface area contributed by atoms with Crippen LogP contribution >= 0.6 is 0 Å². The Labute approximate surface area is 153 Å². The molecule has 0 saturated heterocycles. The van der Waals surface area contributed by atoms with Gasteiger partial charge in [-0.25, -0.2) is 4.98 Å². The highest BCUT2D eigenvalue weighted by Crippen LogP contribution is 2.37. The minimum Gasteiger partial charge on any atom is -0.339 e. The quantitative estimate of drug-likeness (QED) is 0.761. The number of rotatable bonds is 3. The van der Waals surface area contributed by atoms with Crippen LogP contribution in [-0.2, 0) is 6.42 Å². The Bertz CT molecular complexity index is 1010. The van der Waals surface area contributed by atoms with Gasteiger partial charge >= 0.3 is 0 Å². The molecule has 1 aliphatic rings. The lowest BCUT2D eigenvalue weighted by Gasteiger charge is -2.23. The maximum atomic E-state index is 9.29. The van der Waals surface area contributed by atoms with E-state index in [9.17, 15) is 5.26 Å². The molecule has 0 amide bonds. The summed E-state index contributed by atoms with van der Waals surface area (Å²) < 4.78 is 0. The Hall–Kier alpha value is -3.39. The molecule has 1 atom stereocenters. The van der Waals surface area contributed by atoms with E-state index in [1.165, 1.54) is 5.56 Å². The van der Waals surface area contributed by atoms with Crippen LogP contribution in [0.15, 0.2) is 54.6 Å². The lowest BCUT2D eigenvalue weighted by Crippen LogP contribution is -2.26. The molecule has 0 radical (unpaired) electrons. The third kappa shape index (κ3) is 2.86. The molecular weight excluding hydrogens is 322 g/mol. The van der Waals surface area contributed by atoms with Gasteiger partial charge < -0.3 is 10.2 Å². The van der Waals surface area contributed by atoms with Gasteiger partial charge in [-0.15, -0.1) is 0 Å². The minimum atomic E-state index is 0.299. The molecule has 1 aliphatic heterocycles. The van der Waals surface area contributed by atoms with Crippen LogP contribution < -0.4 is 10.2 Å². The number of anilines is 4. The van der Waals surface area contributed by atoms with Crippen molar-refractivity contribution >= 4 is 23.1 Å². The Morgan fingerprint density at radius 2 is 1.88 bits per heavy atom. The first-order valence-electron chi connectivity index (χ1n) is 8.64. The summed E-state index contributed by atoms with van der Waals surface area (Å²) in [7, 11) is 0. The SMILES string of the molecule is Cc1cc(Nc2ccccc2C#N)nc(N2c3ccccc3CC2C)n1. The van der Waals surface area contributed by atoms with E-state index < -0.39 is 0 Å². The van der Waals surface area contributed by atoms with Crippen LogP contribution in [0.4, 0.5) is 23.1 Å². The summed E-state index contributed by atoms with van der Waals surface area (Å²) in [5.74, 6) is 1.37. The summed E-state index contributed by atoms with van der Waals surface area (Å²) in [6.45, 7) is 4.14. The van der Waals surface area contributed by atoms with E-state index in [-0.39, 0.29) is 0 Å². The van der Waals surface area contributed by atoms with E-state index in [0.717, 1.165) is 23.5 Å². The molecule has 5 nitrogen and oxygen atoms in total. The fourth-order valence-corrected chi connectivity index (χ4v) is 3.42. The number of nitriles is 1. The van der Waals surface area contributed by atoms with E-state index >= 15 is 0 Å². The van der Waals surface area contributed by atoms with Gasteiger partial charge in [-0.2, -0.15) is 10.2 Å². The molecule has 0 bridgehead atoms. The Kier molecular flexibility index (Phi) is 4.02. The molecule has 4 rings (SSSR count).